The highest BCUT2D eigenvalue weighted by Gasteiger charge is 2.35. The second kappa shape index (κ2) is 8.65. The van der Waals surface area contributed by atoms with Crippen LogP contribution < -0.4 is 0 Å². The van der Waals surface area contributed by atoms with Crippen molar-refractivity contribution in [1.82, 2.24) is 0 Å². The van der Waals surface area contributed by atoms with E-state index >= 15 is 0 Å². The van der Waals surface area contributed by atoms with Crippen molar-refractivity contribution in [2.75, 3.05) is 6.61 Å². The largest absolute Gasteiger partial charge is 0.391 e. The first-order valence-electron chi connectivity index (χ1n) is 9.48. The fourth-order valence-corrected chi connectivity index (χ4v) is 3.91. The van der Waals surface area contributed by atoms with Crippen LogP contribution in [0.25, 0.3) is 0 Å². The van der Waals surface area contributed by atoms with E-state index in [2.05, 4.69) is 13.8 Å². The summed E-state index contributed by atoms with van der Waals surface area (Å²) >= 11 is 0. The minimum Gasteiger partial charge on any atom is -0.391 e. The van der Waals surface area contributed by atoms with Gasteiger partial charge in [0.15, 0.2) is 0 Å². The van der Waals surface area contributed by atoms with Crippen LogP contribution in [0, 0.1) is 5.92 Å². The molecule has 0 amide bonds. The molecule has 0 saturated heterocycles. The molecule has 1 atom stereocenters. The summed E-state index contributed by atoms with van der Waals surface area (Å²) < 4.78 is 12.3. The van der Waals surface area contributed by atoms with Crippen LogP contribution in [-0.2, 0) is 9.47 Å². The molecule has 0 radical (unpaired) electrons. The first-order chi connectivity index (χ1) is 10.5. The minimum atomic E-state index is -0.328. The lowest BCUT2D eigenvalue weighted by atomic mass is 9.77. The first kappa shape index (κ1) is 18.2. The molecule has 2 rings (SSSR count). The highest BCUT2D eigenvalue weighted by molar-refractivity contribution is 4.85. The average molecular weight is 312 g/mol. The molecule has 1 N–H and O–H groups in total. The predicted octanol–water partition coefficient (Wildman–Crippen LogP) is 4.46. The summed E-state index contributed by atoms with van der Waals surface area (Å²) in [6, 6.07) is 0. The molecule has 0 heterocycles. The third-order valence-electron chi connectivity index (χ3n) is 5.71. The summed E-state index contributed by atoms with van der Waals surface area (Å²) in [4.78, 5) is 0. The second-order valence-corrected chi connectivity index (χ2v) is 7.85. The predicted molar refractivity (Wildman–Crippen MR) is 90.0 cm³/mol. The number of rotatable bonds is 7. The Balaban J connectivity index is 1.71. The van der Waals surface area contributed by atoms with Crippen LogP contribution in [0.4, 0.5) is 0 Å². The zero-order valence-corrected chi connectivity index (χ0v) is 14.9. The Morgan fingerprint density at radius 2 is 1.55 bits per heavy atom. The normalized spacial score (nSPS) is 29.5. The maximum absolute atomic E-state index is 9.70. The molecule has 0 aromatic rings. The van der Waals surface area contributed by atoms with Gasteiger partial charge in [-0.3, -0.25) is 0 Å². The van der Waals surface area contributed by atoms with Crippen molar-refractivity contribution in [1.29, 1.82) is 0 Å². The number of hydrogen-bond donors (Lipinski definition) is 1. The summed E-state index contributed by atoms with van der Waals surface area (Å²) in [6.45, 7) is 6.82. The van der Waals surface area contributed by atoms with Gasteiger partial charge in [-0.2, -0.15) is 0 Å². The first-order valence-corrected chi connectivity index (χ1v) is 9.48. The van der Waals surface area contributed by atoms with Crippen molar-refractivity contribution in [3.63, 3.8) is 0 Å². The Hall–Kier alpha value is -0.120. The van der Waals surface area contributed by atoms with Crippen LogP contribution in [0.2, 0.25) is 0 Å². The van der Waals surface area contributed by atoms with Gasteiger partial charge in [0, 0.05) is 0 Å². The third-order valence-corrected chi connectivity index (χ3v) is 5.71. The van der Waals surface area contributed by atoms with E-state index in [1.54, 1.807) is 0 Å². The molecule has 0 aliphatic heterocycles. The Morgan fingerprint density at radius 3 is 2.14 bits per heavy atom. The van der Waals surface area contributed by atoms with Crippen LogP contribution in [0.3, 0.4) is 0 Å². The van der Waals surface area contributed by atoms with Crippen molar-refractivity contribution in [3.05, 3.63) is 0 Å². The quantitative estimate of drug-likeness (QED) is 0.754. The summed E-state index contributed by atoms with van der Waals surface area (Å²) in [7, 11) is 0. The molecule has 2 saturated carbocycles. The molecule has 2 fully saturated rings. The van der Waals surface area contributed by atoms with Crippen LogP contribution in [0.1, 0.15) is 85.0 Å². The van der Waals surface area contributed by atoms with Crippen LogP contribution in [-0.4, -0.2) is 35.6 Å². The van der Waals surface area contributed by atoms with Gasteiger partial charge in [0.25, 0.3) is 0 Å². The van der Waals surface area contributed by atoms with E-state index in [-0.39, 0.29) is 11.7 Å². The van der Waals surface area contributed by atoms with Gasteiger partial charge in [-0.05, 0) is 64.7 Å². The van der Waals surface area contributed by atoms with E-state index in [0.717, 1.165) is 6.42 Å². The lowest BCUT2D eigenvalue weighted by Gasteiger charge is -2.40. The molecule has 2 aliphatic rings. The van der Waals surface area contributed by atoms with Gasteiger partial charge in [0.1, 0.15) is 0 Å². The lowest BCUT2D eigenvalue weighted by molar-refractivity contribution is -0.115. The average Bonchev–Trinajstić information content (AvgIpc) is 2.54. The summed E-state index contributed by atoms with van der Waals surface area (Å²) in [6.07, 6.45) is 12.8. The van der Waals surface area contributed by atoms with E-state index in [9.17, 15) is 5.11 Å². The highest BCUT2D eigenvalue weighted by atomic mass is 16.5. The number of aliphatic hydroxyl groups is 1. The molecule has 3 nitrogen and oxygen atoms in total. The number of hydrogen-bond acceptors (Lipinski definition) is 3. The van der Waals surface area contributed by atoms with E-state index in [0.29, 0.717) is 24.7 Å². The van der Waals surface area contributed by atoms with Crippen LogP contribution >= 0.6 is 0 Å². The van der Waals surface area contributed by atoms with Crippen LogP contribution in [0.15, 0.2) is 0 Å². The molecular formula is C19H36O3. The highest BCUT2D eigenvalue weighted by Crippen LogP contribution is 2.37. The van der Waals surface area contributed by atoms with Crippen molar-refractivity contribution in [2.24, 2.45) is 5.92 Å². The molecule has 3 heteroatoms. The number of aliphatic hydroxyl groups excluding tert-OH is 1. The summed E-state index contributed by atoms with van der Waals surface area (Å²) in [5.41, 5.74) is -0.133. The Labute approximate surface area is 136 Å². The molecule has 0 bridgehead atoms. The van der Waals surface area contributed by atoms with Gasteiger partial charge in [0.05, 0.1) is 30.5 Å². The van der Waals surface area contributed by atoms with Gasteiger partial charge in [-0.25, -0.2) is 0 Å². The molecule has 2 aliphatic carbocycles. The molecule has 0 aromatic carbocycles. The van der Waals surface area contributed by atoms with Gasteiger partial charge >= 0.3 is 0 Å². The second-order valence-electron chi connectivity index (χ2n) is 7.85. The van der Waals surface area contributed by atoms with Crippen molar-refractivity contribution in [2.45, 2.75) is 109 Å². The van der Waals surface area contributed by atoms with Crippen LogP contribution in [0.5, 0.6) is 0 Å². The Bertz CT molecular complexity index is 302. The maximum atomic E-state index is 9.70. The van der Waals surface area contributed by atoms with Crippen molar-refractivity contribution < 1.29 is 14.6 Å². The fourth-order valence-electron chi connectivity index (χ4n) is 3.91. The van der Waals surface area contributed by atoms with Crippen molar-refractivity contribution in [3.8, 4) is 0 Å². The minimum absolute atomic E-state index is 0.133. The summed E-state index contributed by atoms with van der Waals surface area (Å²) in [5, 5.41) is 9.70. The molecule has 130 valence electrons. The Kier molecular flexibility index (Phi) is 7.17. The number of ether oxygens (including phenoxy) is 2. The fraction of sp³-hybridized carbons (Fsp3) is 1.00. The van der Waals surface area contributed by atoms with Gasteiger partial charge in [-0.1, -0.05) is 26.2 Å². The third kappa shape index (κ3) is 5.50. The van der Waals surface area contributed by atoms with Gasteiger partial charge < -0.3 is 14.6 Å². The van der Waals surface area contributed by atoms with E-state index < -0.39 is 0 Å². The maximum Gasteiger partial charge on any atom is 0.0771 e. The van der Waals surface area contributed by atoms with E-state index in [4.69, 9.17) is 9.47 Å². The standard InChI is InChI=1S/C19H36O3/c1-4-16(20)14-21-19(2,3)15-10-12-18(13-11-15)22-17-8-6-5-7-9-17/h15-18,20H,4-14H2,1-3H3. The summed E-state index contributed by atoms with van der Waals surface area (Å²) in [5.74, 6) is 0.586. The lowest BCUT2D eigenvalue weighted by Crippen LogP contribution is -2.40. The molecule has 0 aromatic heterocycles. The zero-order valence-electron chi connectivity index (χ0n) is 14.9. The molecular weight excluding hydrogens is 276 g/mol. The SMILES string of the molecule is CCC(O)COC(C)(C)C1CCC(OC2CCCCC2)CC1. The van der Waals surface area contributed by atoms with Gasteiger partial charge in [0.2, 0.25) is 0 Å². The van der Waals surface area contributed by atoms with Crippen molar-refractivity contribution >= 4 is 0 Å². The smallest absolute Gasteiger partial charge is 0.0771 e. The zero-order chi connectivity index (χ0) is 16.0. The molecule has 22 heavy (non-hydrogen) atoms. The van der Waals surface area contributed by atoms with Gasteiger partial charge in [-0.15, -0.1) is 0 Å². The molecule has 1 unspecified atom stereocenters. The Morgan fingerprint density at radius 1 is 0.955 bits per heavy atom. The van der Waals surface area contributed by atoms with E-state index in [1.165, 1.54) is 57.8 Å². The van der Waals surface area contributed by atoms with E-state index in [1.807, 2.05) is 6.92 Å². The monoisotopic (exact) mass is 312 g/mol. The topological polar surface area (TPSA) is 38.7 Å². The molecule has 0 spiro atoms.